The van der Waals surface area contributed by atoms with Gasteiger partial charge in [0.1, 0.15) is 5.76 Å². The molecule has 1 atom stereocenters. The SMILES string of the molecule is Cc1cc(Br)oc1CC(O)C(=O)O. The Kier molecular flexibility index (Phi) is 3.11. The van der Waals surface area contributed by atoms with Gasteiger partial charge in [0, 0.05) is 6.42 Å². The molecule has 1 unspecified atom stereocenters. The third-order valence-corrected chi connectivity index (χ3v) is 2.05. The van der Waals surface area contributed by atoms with Gasteiger partial charge in [0.2, 0.25) is 0 Å². The normalized spacial score (nSPS) is 12.8. The van der Waals surface area contributed by atoms with Crippen molar-refractivity contribution in [2.45, 2.75) is 19.4 Å². The Morgan fingerprint density at radius 1 is 1.77 bits per heavy atom. The predicted molar refractivity (Wildman–Crippen MR) is 48.5 cm³/mol. The number of aliphatic hydroxyl groups is 1. The van der Waals surface area contributed by atoms with Crippen LogP contribution in [0.15, 0.2) is 15.2 Å². The summed E-state index contributed by atoms with van der Waals surface area (Å²) in [5, 5.41) is 17.5. The minimum Gasteiger partial charge on any atom is -0.479 e. The lowest BCUT2D eigenvalue weighted by molar-refractivity contribution is -0.146. The van der Waals surface area contributed by atoms with Gasteiger partial charge in [0.25, 0.3) is 0 Å². The second kappa shape index (κ2) is 3.93. The largest absolute Gasteiger partial charge is 0.479 e. The molecule has 5 heteroatoms. The first kappa shape index (κ1) is 10.3. The molecule has 0 aliphatic carbocycles. The van der Waals surface area contributed by atoms with Crippen LogP contribution in [0.4, 0.5) is 0 Å². The molecule has 4 nitrogen and oxygen atoms in total. The Morgan fingerprint density at radius 2 is 2.38 bits per heavy atom. The second-order valence-corrected chi connectivity index (χ2v) is 3.50. The lowest BCUT2D eigenvalue weighted by Crippen LogP contribution is -2.21. The van der Waals surface area contributed by atoms with E-state index in [1.165, 1.54) is 0 Å². The molecule has 0 fully saturated rings. The van der Waals surface area contributed by atoms with Crippen LogP contribution in [0.1, 0.15) is 11.3 Å². The molecule has 0 saturated carbocycles. The molecular weight excluding hydrogens is 240 g/mol. The van der Waals surface area contributed by atoms with E-state index in [0.29, 0.717) is 10.4 Å². The fourth-order valence-electron chi connectivity index (χ4n) is 0.944. The van der Waals surface area contributed by atoms with Gasteiger partial charge in [-0.3, -0.25) is 0 Å². The number of carboxylic acid groups (broad SMARTS) is 1. The van der Waals surface area contributed by atoms with Crippen molar-refractivity contribution in [3.8, 4) is 0 Å². The van der Waals surface area contributed by atoms with Crippen LogP contribution in [-0.4, -0.2) is 22.3 Å². The monoisotopic (exact) mass is 248 g/mol. The number of hydrogen-bond donors (Lipinski definition) is 2. The van der Waals surface area contributed by atoms with Crippen LogP contribution in [0.5, 0.6) is 0 Å². The van der Waals surface area contributed by atoms with Gasteiger partial charge < -0.3 is 14.6 Å². The molecule has 0 aromatic carbocycles. The van der Waals surface area contributed by atoms with Crippen LogP contribution in [0.2, 0.25) is 0 Å². The Hall–Kier alpha value is -0.810. The summed E-state index contributed by atoms with van der Waals surface area (Å²) in [6.45, 7) is 1.79. The minimum absolute atomic E-state index is 0.00718. The summed E-state index contributed by atoms with van der Waals surface area (Å²) in [7, 11) is 0. The first-order chi connectivity index (χ1) is 6.00. The summed E-state index contributed by atoms with van der Waals surface area (Å²) in [6.07, 6.45) is -1.41. The average molecular weight is 249 g/mol. The van der Waals surface area contributed by atoms with Crippen molar-refractivity contribution in [3.05, 3.63) is 22.1 Å². The summed E-state index contributed by atoms with van der Waals surface area (Å²) >= 11 is 3.11. The van der Waals surface area contributed by atoms with Gasteiger partial charge in [-0.25, -0.2) is 4.79 Å². The maximum atomic E-state index is 10.3. The number of furan rings is 1. The van der Waals surface area contributed by atoms with E-state index < -0.39 is 12.1 Å². The van der Waals surface area contributed by atoms with Gasteiger partial charge in [-0.2, -0.15) is 0 Å². The van der Waals surface area contributed by atoms with E-state index in [2.05, 4.69) is 15.9 Å². The van der Waals surface area contributed by atoms with E-state index in [9.17, 15) is 4.79 Å². The van der Waals surface area contributed by atoms with Gasteiger partial charge in [-0.05, 0) is 34.5 Å². The van der Waals surface area contributed by atoms with E-state index in [4.69, 9.17) is 14.6 Å². The topological polar surface area (TPSA) is 70.7 Å². The molecule has 0 saturated heterocycles. The number of hydrogen-bond acceptors (Lipinski definition) is 3. The van der Waals surface area contributed by atoms with Crippen LogP contribution in [-0.2, 0) is 11.2 Å². The van der Waals surface area contributed by atoms with Crippen molar-refractivity contribution in [2.24, 2.45) is 0 Å². The minimum atomic E-state index is -1.41. The highest BCUT2D eigenvalue weighted by molar-refractivity contribution is 9.10. The number of halogens is 1. The van der Waals surface area contributed by atoms with Crippen LogP contribution in [0.25, 0.3) is 0 Å². The molecule has 0 amide bonds. The summed E-state index contributed by atoms with van der Waals surface area (Å²) in [4.78, 5) is 10.3. The maximum Gasteiger partial charge on any atom is 0.332 e. The van der Waals surface area contributed by atoms with Crippen LogP contribution in [0.3, 0.4) is 0 Å². The van der Waals surface area contributed by atoms with Crippen molar-refractivity contribution in [3.63, 3.8) is 0 Å². The van der Waals surface area contributed by atoms with Crippen LogP contribution in [0, 0.1) is 6.92 Å². The summed E-state index contributed by atoms with van der Waals surface area (Å²) in [5.74, 6) is -0.756. The molecule has 1 heterocycles. The Labute approximate surface area is 83.3 Å². The van der Waals surface area contributed by atoms with Crippen LogP contribution < -0.4 is 0 Å². The molecule has 72 valence electrons. The van der Waals surface area contributed by atoms with Crippen molar-refractivity contribution in [2.75, 3.05) is 0 Å². The quantitative estimate of drug-likeness (QED) is 0.847. The number of aliphatic carboxylic acids is 1. The van der Waals surface area contributed by atoms with Crippen molar-refractivity contribution >= 4 is 21.9 Å². The zero-order valence-electron chi connectivity index (χ0n) is 6.95. The Morgan fingerprint density at radius 3 is 2.77 bits per heavy atom. The first-order valence-electron chi connectivity index (χ1n) is 3.66. The number of carboxylic acids is 1. The van der Waals surface area contributed by atoms with Gasteiger partial charge in [0.05, 0.1) is 0 Å². The molecule has 0 bridgehead atoms. The number of carbonyl (C=O) groups is 1. The molecular formula is C8H9BrO4. The third kappa shape index (κ3) is 2.57. The van der Waals surface area contributed by atoms with Gasteiger partial charge in [-0.1, -0.05) is 0 Å². The summed E-state index contributed by atoms with van der Waals surface area (Å²) in [6, 6.07) is 1.73. The highest BCUT2D eigenvalue weighted by atomic mass is 79.9. The smallest absolute Gasteiger partial charge is 0.332 e. The van der Waals surface area contributed by atoms with E-state index >= 15 is 0 Å². The van der Waals surface area contributed by atoms with E-state index in [1.807, 2.05) is 0 Å². The lowest BCUT2D eigenvalue weighted by atomic mass is 10.1. The lowest BCUT2D eigenvalue weighted by Gasteiger charge is -2.02. The predicted octanol–water partition coefficient (Wildman–Crippen LogP) is 1.34. The molecule has 0 aliphatic rings. The van der Waals surface area contributed by atoms with Crippen molar-refractivity contribution in [1.29, 1.82) is 0 Å². The Bertz CT molecular complexity index is 318. The zero-order valence-corrected chi connectivity index (χ0v) is 8.54. The number of rotatable bonds is 3. The zero-order chi connectivity index (χ0) is 10.0. The van der Waals surface area contributed by atoms with E-state index in [-0.39, 0.29) is 6.42 Å². The highest BCUT2D eigenvalue weighted by Crippen LogP contribution is 2.20. The van der Waals surface area contributed by atoms with Gasteiger partial charge in [0.15, 0.2) is 10.8 Å². The Balaban J connectivity index is 2.74. The fraction of sp³-hybridized carbons (Fsp3) is 0.375. The van der Waals surface area contributed by atoms with Gasteiger partial charge >= 0.3 is 5.97 Å². The van der Waals surface area contributed by atoms with E-state index in [1.54, 1.807) is 13.0 Å². The number of aryl methyl sites for hydroxylation is 1. The van der Waals surface area contributed by atoms with E-state index in [0.717, 1.165) is 5.56 Å². The fourth-order valence-corrected chi connectivity index (χ4v) is 1.48. The molecule has 0 radical (unpaired) electrons. The molecule has 1 aromatic heterocycles. The third-order valence-electron chi connectivity index (χ3n) is 1.65. The summed E-state index contributed by atoms with van der Waals surface area (Å²) < 4.78 is 5.67. The molecule has 1 rings (SSSR count). The molecule has 13 heavy (non-hydrogen) atoms. The maximum absolute atomic E-state index is 10.3. The molecule has 0 aliphatic heterocycles. The molecule has 0 spiro atoms. The van der Waals surface area contributed by atoms with Crippen LogP contribution >= 0.6 is 15.9 Å². The first-order valence-corrected chi connectivity index (χ1v) is 4.45. The standard InChI is InChI=1S/C8H9BrO4/c1-4-2-7(9)13-6(4)3-5(10)8(11)12/h2,5,10H,3H2,1H3,(H,11,12). The highest BCUT2D eigenvalue weighted by Gasteiger charge is 2.17. The number of aliphatic hydroxyl groups excluding tert-OH is 1. The van der Waals surface area contributed by atoms with Gasteiger partial charge in [-0.15, -0.1) is 0 Å². The molecule has 1 aromatic rings. The summed E-state index contributed by atoms with van der Waals surface area (Å²) in [5.41, 5.74) is 0.826. The average Bonchev–Trinajstić information content (AvgIpc) is 2.30. The van der Waals surface area contributed by atoms with Crippen molar-refractivity contribution < 1.29 is 19.4 Å². The second-order valence-electron chi connectivity index (χ2n) is 2.71. The molecule has 2 N–H and O–H groups in total. The van der Waals surface area contributed by atoms with Crippen molar-refractivity contribution in [1.82, 2.24) is 0 Å².